The maximum Gasteiger partial charge on any atom is 0.277 e. The molecule has 2 aromatic carbocycles. The highest BCUT2D eigenvalue weighted by Crippen LogP contribution is 2.35. The van der Waals surface area contributed by atoms with Crippen LogP contribution in [0.5, 0.6) is 0 Å². The van der Waals surface area contributed by atoms with E-state index in [2.05, 4.69) is 36.5 Å². The largest absolute Gasteiger partial charge is 0.351 e. The van der Waals surface area contributed by atoms with Gasteiger partial charge in [-0.25, -0.2) is 0 Å². The second-order valence-corrected chi connectivity index (χ2v) is 10.9. The van der Waals surface area contributed by atoms with Crippen molar-refractivity contribution in [3.8, 4) is 11.3 Å². The monoisotopic (exact) mass is 498 g/mol. The van der Waals surface area contributed by atoms with E-state index in [0.29, 0.717) is 12.2 Å². The predicted octanol–water partition coefficient (Wildman–Crippen LogP) is 6.07. The SMILES string of the molecule is CCc1ccc(-c2cc3n(n2)CC(C)(C(=O)NC2CCCCCCC2)N(c2ccc(C)cc2)C3=O)cc1. The Morgan fingerprint density at radius 3 is 2.30 bits per heavy atom. The molecule has 2 amide bonds. The number of carbonyl (C=O) groups is 2. The van der Waals surface area contributed by atoms with E-state index in [1.165, 1.54) is 24.8 Å². The molecule has 1 atom stereocenters. The minimum Gasteiger partial charge on any atom is -0.351 e. The summed E-state index contributed by atoms with van der Waals surface area (Å²) in [4.78, 5) is 29.7. The minimum atomic E-state index is -1.10. The summed E-state index contributed by atoms with van der Waals surface area (Å²) in [5, 5.41) is 8.15. The van der Waals surface area contributed by atoms with Gasteiger partial charge in [0.25, 0.3) is 5.91 Å². The van der Waals surface area contributed by atoms with Gasteiger partial charge in [-0.05, 0) is 56.9 Å². The highest BCUT2D eigenvalue weighted by Gasteiger charge is 2.49. The molecular formula is C31H38N4O2. The van der Waals surface area contributed by atoms with E-state index in [1.54, 1.807) is 9.58 Å². The Labute approximate surface area is 220 Å². The maximum atomic E-state index is 14.0. The first-order valence-electron chi connectivity index (χ1n) is 13.8. The summed E-state index contributed by atoms with van der Waals surface area (Å²) in [5.74, 6) is -0.309. The number of benzene rings is 2. The van der Waals surface area contributed by atoms with Gasteiger partial charge in [-0.2, -0.15) is 5.10 Å². The van der Waals surface area contributed by atoms with Crippen LogP contribution in [0.3, 0.4) is 0 Å². The molecule has 0 spiro atoms. The van der Waals surface area contributed by atoms with Crippen molar-refractivity contribution in [2.24, 2.45) is 0 Å². The topological polar surface area (TPSA) is 67.2 Å². The van der Waals surface area contributed by atoms with Crippen molar-refractivity contribution in [1.29, 1.82) is 0 Å². The third kappa shape index (κ3) is 5.07. The standard InChI is InChI=1S/C31H38N4O2/c1-4-23-14-16-24(17-15-23)27-20-28-29(36)35(26-18-12-22(2)13-19-26)31(3,21-34(28)33-27)30(37)32-25-10-8-6-5-7-9-11-25/h12-20,25H,4-11,21H2,1-3H3,(H,32,37). The predicted molar refractivity (Wildman–Crippen MR) is 148 cm³/mol. The Bertz CT molecular complexity index is 1250. The van der Waals surface area contributed by atoms with Gasteiger partial charge in [-0.3, -0.25) is 19.2 Å². The molecule has 194 valence electrons. The smallest absolute Gasteiger partial charge is 0.277 e. The third-order valence-corrected chi connectivity index (χ3v) is 8.03. The molecule has 3 aromatic rings. The van der Waals surface area contributed by atoms with Crippen LogP contribution >= 0.6 is 0 Å². The summed E-state index contributed by atoms with van der Waals surface area (Å²) in [6.45, 7) is 6.33. The van der Waals surface area contributed by atoms with Gasteiger partial charge in [0, 0.05) is 17.3 Å². The molecule has 6 heteroatoms. The Hall–Kier alpha value is -3.41. The van der Waals surface area contributed by atoms with Crippen molar-refractivity contribution in [3.63, 3.8) is 0 Å². The highest BCUT2D eigenvalue weighted by molar-refractivity contribution is 6.12. The Kier molecular flexibility index (Phi) is 7.18. The van der Waals surface area contributed by atoms with E-state index in [0.717, 1.165) is 54.6 Å². The second kappa shape index (κ2) is 10.5. The number of carbonyl (C=O) groups excluding carboxylic acids is 2. The van der Waals surface area contributed by atoms with Crippen molar-refractivity contribution < 1.29 is 9.59 Å². The molecule has 1 fully saturated rings. The number of rotatable bonds is 5. The summed E-state index contributed by atoms with van der Waals surface area (Å²) in [6, 6.07) is 18.1. The molecule has 1 unspecified atom stereocenters. The summed E-state index contributed by atoms with van der Waals surface area (Å²) in [6.07, 6.45) is 8.93. The number of fused-ring (bicyclic) bond motifs is 1. The van der Waals surface area contributed by atoms with Crippen LogP contribution in [0.1, 0.15) is 80.4 Å². The highest BCUT2D eigenvalue weighted by atomic mass is 16.2. The number of nitrogens with one attached hydrogen (secondary N) is 1. The first kappa shape index (κ1) is 25.2. The van der Waals surface area contributed by atoms with Gasteiger partial charge in [-0.15, -0.1) is 0 Å². The number of hydrogen-bond acceptors (Lipinski definition) is 3. The molecule has 2 aliphatic rings. The molecule has 2 heterocycles. The zero-order valence-electron chi connectivity index (χ0n) is 22.3. The zero-order valence-corrected chi connectivity index (χ0v) is 22.3. The van der Waals surface area contributed by atoms with Gasteiger partial charge in [0.1, 0.15) is 11.2 Å². The Balaban J connectivity index is 1.51. The molecule has 0 bridgehead atoms. The molecule has 1 saturated carbocycles. The van der Waals surface area contributed by atoms with Crippen LogP contribution in [-0.2, 0) is 17.8 Å². The van der Waals surface area contributed by atoms with Crippen LogP contribution in [0.25, 0.3) is 11.3 Å². The second-order valence-electron chi connectivity index (χ2n) is 10.9. The van der Waals surface area contributed by atoms with Crippen molar-refractivity contribution in [3.05, 3.63) is 71.4 Å². The van der Waals surface area contributed by atoms with E-state index in [4.69, 9.17) is 5.10 Å². The fourth-order valence-electron chi connectivity index (χ4n) is 5.67. The molecule has 0 saturated heterocycles. The molecule has 1 aliphatic heterocycles. The van der Waals surface area contributed by atoms with Gasteiger partial charge in [0.15, 0.2) is 0 Å². The van der Waals surface area contributed by atoms with Crippen LogP contribution < -0.4 is 10.2 Å². The van der Waals surface area contributed by atoms with E-state index < -0.39 is 5.54 Å². The van der Waals surface area contributed by atoms with Crippen molar-refractivity contribution >= 4 is 17.5 Å². The normalized spacial score (nSPS) is 20.7. The molecular weight excluding hydrogens is 460 g/mol. The minimum absolute atomic E-state index is 0.109. The number of nitrogens with zero attached hydrogens (tertiary/aromatic N) is 3. The molecule has 1 N–H and O–H groups in total. The van der Waals surface area contributed by atoms with Crippen LogP contribution in [0, 0.1) is 6.92 Å². The third-order valence-electron chi connectivity index (χ3n) is 8.03. The number of hydrogen-bond donors (Lipinski definition) is 1. The van der Waals surface area contributed by atoms with Crippen LogP contribution in [0.2, 0.25) is 0 Å². The summed E-state index contributed by atoms with van der Waals surface area (Å²) >= 11 is 0. The number of aromatic nitrogens is 2. The summed E-state index contributed by atoms with van der Waals surface area (Å²) in [5.41, 5.74) is 4.22. The van der Waals surface area contributed by atoms with Crippen LogP contribution in [-0.4, -0.2) is 33.2 Å². The van der Waals surface area contributed by atoms with E-state index in [-0.39, 0.29) is 17.9 Å². The lowest BCUT2D eigenvalue weighted by Crippen LogP contribution is -2.65. The Morgan fingerprint density at radius 1 is 1.00 bits per heavy atom. The molecule has 1 aliphatic carbocycles. The van der Waals surface area contributed by atoms with E-state index in [9.17, 15) is 9.59 Å². The molecule has 6 nitrogen and oxygen atoms in total. The quantitative estimate of drug-likeness (QED) is 0.464. The first-order chi connectivity index (χ1) is 17.9. The molecule has 5 rings (SSSR count). The lowest BCUT2D eigenvalue weighted by atomic mass is 9.91. The fraction of sp³-hybridized carbons (Fsp3) is 0.452. The lowest BCUT2D eigenvalue weighted by molar-refractivity contribution is -0.127. The average molecular weight is 499 g/mol. The molecule has 0 radical (unpaired) electrons. The van der Waals surface area contributed by atoms with Crippen LogP contribution in [0.4, 0.5) is 5.69 Å². The number of amides is 2. The van der Waals surface area contributed by atoms with Gasteiger partial charge in [0.2, 0.25) is 5.91 Å². The average Bonchev–Trinajstić information content (AvgIpc) is 3.30. The van der Waals surface area contributed by atoms with Gasteiger partial charge in [0.05, 0.1) is 12.2 Å². The van der Waals surface area contributed by atoms with Crippen molar-refractivity contribution in [1.82, 2.24) is 15.1 Å². The number of anilines is 1. The Morgan fingerprint density at radius 2 is 1.65 bits per heavy atom. The fourth-order valence-corrected chi connectivity index (χ4v) is 5.67. The van der Waals surface area contributed by atoms with Crippen molar-refractivity contribution in [2.45, 2.75) is 90.3 Å². The first-order valence-corrected chi connectivity index (χ1v) is 13.8. The molecule has 1 aromatic heterocycles. The van der Waals surface area contributed by atoms with Crippen LogP contribution in [0.15, 0.2) is 54.6 Å². The summed E-state index contributed by atoms with van der Waals surface area (Å²) in [7, 11) is 0. The number of aryl methyl sites for hydroxylation is 2. The van der Waals surface area contributed by atoms with E-state index in [1.807, 2.05) is 44.2 Å². The maximum absolute atomic E-state index is 14.0. The van der Waals surface area contributed by atoms with Gasteiger partial charge in [-0.1, -0.05) is 81.0 Å². The van der Waals surface area contributed by atoms with E-state index >= 15 is 0 Å². The van der Waals surface area contributed by atoms with Gasteiger partial charge < -0.3 is 5.32 Å². The van der Waals surface area contributed by atoms with Crippen molar-refractivity contribution in [2.75, 3.05) is 4.90 Å². The zero-order chi connectivity index (χ0) is 26.0. The summed E-state index contributed by atoms with van der Waals surface area (Å²) < 4.78 is 1.73. The lowest BCUT2D eigenvalue weighted by Gasteiger charge is -2.43. The molecule has 37 heavy (non-hydrogen) atoms. The van der Waals surface area contributed by atoms with Gasteiger partial charge >= 0.3 is 0 Å².